The number of aromatic nitrogens is 2. The van der Waals surface area contributed by atoms with Crippen molar-refractivity contribution >= 4 is 16.0 Å². The lowest BCUT2D eigenvalue weighted by atomic mass is 10.0. The van der Waals surface area contributed by atoms with Crippen LogP contribution in [0.25, 0.3) is 0 Å². The second-order valence-electron chi connectivity index (χ2n) is 4.37. The molecule has 1 heterocycles. The second kappa shape index (κ2) is 6.16. The van der Waals surface area contributed by atoms with E-state index in [2.05, 4.69) is 9.71 Å². The highest BCUT2D eigenvalue weighted by atomic mass is 32.2. The summed E-state index contributed by atoms with van der Waals surface area (Å²) in [6, 6.07) is -1.15. The zero-order chi connectivity index (χ0) is 14.6. The summed E-state index contributed by atoms with van der Waals surface area (Å²) in [6.45, 7) is 5.94. The zero-order valence-electron chi connectivity index (χ0n) is 11.2. The average Bonchev–Trinajstić information content (AvgIpc) is 2.84. The number of carbonyl (C=O) groups is 1. The number of carboxylic acids is 1. The van der Waals surface area contributed by atoms with Crippen LogP contribution in [0.2, 0.25) is 0 Å². The predicted octanol–water partition coefficient (Wildman–Crippen LogP) is 0.681. The lowest BCUT2D eigenvalue weighted by Crippen LogP contribution is -2.45. The molecule has 1 aromatic rings. The second-order valence-corrected chi connectivity index (χ2v) is 6.03. The van der Waals surface area contributed by atoms with Crippen molar-refractivity contribution in [2.45, 2.75) is 44.8 Å². The van der Waals surface area contributed by atoms with E-state index in [1.807, 2.05) is 6.92 Å². The van der Waals surface area contributed by atoms with Gasteiger partial charge in [0.25, 0.3) is 10.0 Å². The van der Waals surface area contributed by atoms with Gasteiger partial charge in [-0.05, 0) is 12.8 Å². The van der Waals surface area contributed by atoms with Crippen LogP contribution in [0.4, 0.5) is 0 Å². The van der Waals surface area contributed by atoms with Gasteiger partial charge in [0.05, 0.1) is 6.33 Å². The molecule has 1 rings (SSSR count). The van der Waals surface area contributed by atoms with Gasteiger partial charge in [-0.3, -0.25) is 4.79 Å². The molecule has 0 bridgehead atoms. The molecule has 0 fully saturated rings. The number of imidazole rings is 1. The number of hydrogen-bond acceptors (Lipinski definition) is 4. The molecule has 0 aromatic carbocycles. The Labute approximate surface area is 112 Å². The van der Waals surface area contributed by atoms with E-state index in [0.29, 0.717) is 13.0 Å². The van der Waals surface area contributed by atoms with Crippen molar-refractivity contribution in [3.05, 3.63) is 12.5 Å². The van der Waals surface area contributed by atoms with Gasteiger partial charge in [-0.25, -0.2) is 13.4 Å². The summed E-state index contributed by atoms with van der Waals surface area (Å²) < 4.78 is 27.9. The van der Waals surface area contributed by atoms with Crippen molar-refractivity contribution in [2.24, 2.45) is 5.92 Å². The van der Waals surface area contributed by atoms with E-state index < -0.39 is 22.0 Å². The molecule has 0 amide bonds. The zero-order valence-corrected chi connectivity index (χ0v) is 12.0. The van der Waals surface area contributed by atoms with Crippen LogP contribution in [0, 0.1) is 5.92 Å². The third-order valence-corrected chi connectivity index (χ3v) is 4.34. The topological polar surface area (TPSA) is 101 Å². The maximum absolute atomic E-state index is 12.0. The van der Waals surface area contributed by atoms with E-state index in [4.69, 9.17) is 5.11 Å². The highest BCUT2D eigenvalue weighted by Gasteiger charge is 2.30. The predicted molar refractivity (Wildman–Crippen MR) is 69.1 cm³/mol. The van der Waals surface area contributed by atoms with Crippen LogP contribution in [-0.2, 0) is 21.4 Å². The summed E-state index contributed by atoms with van der Waals surface area (Å²) in [5.74, 6) is -1.49. The third kappa shape index (κ3) is 3.77. The Hall–Kier alpha value is -1.41. The Balaban J connectivity index is 2.97. The number of rotatable bonds is 7. The molecule has 108 valence electrons. The lowest BCUT2D eigenvalue weighted by Gasteiger charge is -2.19. The first-order valence-corrected chi connectivity index (χ1v) is 7.57. The molecule has 0 aliphatic rings. The van der Waals surface area contributed by atoms with E-state index in [0.717, 1.165) is 0 Å². The van der Waals surface area contributed by atoms with Crippen molar-refractivity contribution in [1.82, 2.24) is 14.3 Å². The molecular formula is C11H19N3O4S. The Morgan fingerprint density at radius 3 is 2.58 bits per heavy atom. The molecule has 0 radical (unpaired) electrons. The third-order valence-electron chi connectivity index (χ3n) is 3.01. The number of aliphatic carboxylic acids is 1. The molecule has 7 nitrogen and oxygen atoms in total. The largest absolute Gasteiger partial charge is 0.480 e. The summed E-state index contributed by atoms with van der Waals surface area (Å²) in [7, 11) is -3.91. The number of hydrogen-bond donors (Lipinski definition) is 2. The Morgan fingerprint density at radius 2 is 2.16 bits per heavy atom. The van der Waals surface area contributed by atoms with Crippen LogP contribution in [0.5, 0.6) is 0 Å². The Kier molecular flexibility index (Phi) is 5.07. The number of aryl methyl sites for hydroxylation is 1. The summed E-state index contributed by atoms with van der Waals surface area (Å²) in [5, 5.41) is 8.92. The number of nitrogens with zero attached hydrogens (tertiary/aromatic N) is 2. The highest BCUT2D eigenvalue weighted by Crippen LogP contribution is 2.12. The van der Waals surface area contributed by atoms with E-state index in [1.165, 1.54) is 12.5 Å². The van der Waals surface area contributed by atoms with Gasteiger partial charge in [0.1, 0.15) is 6.04 Å². The van der Waals surface area contributed by atoms with Crippen LogP contribution in [0.3, 0.4) is 0 Å². The van der Waals surface area contributed by atoms with Gasteiger partial charge < -0.3 is 9.67 Å². The molecular weight excluding hydrogens is 270 g/mol. The van der Waals surface area contributed by atoms with Crippen LogP contribution < -0.4 is 4.72 Å². The first-order chi connectivity index (χ1) is 8.81. The quantitative estimate of drug-likeness (QED) is 0.768. The van der Waals surface area contributed by atoms with Gasteiger partial charge in [-0.2, -0.15) is 4.72 Å². The minimum absolute atomic E-state index is 0.163. The monoisotopic (exact) mass is 289 g/mol. The smallest absolute Gasteiger partial charge is 0.322 e. The van der Waals surface area contributed by atoms with E-state index in [1.54, 1.807) is 18.4 Å². The number of nitrogens with one attached hydrogen (secondary N) is 1. The van der Waals surface area contributed by atoms with Gasteiger partial charge in [0.2, 0.25) is 0 Å². The fourth-order valence-electron chi connectivity index (χ4n) is 1.52. The summed E-state index contributed by atoms with van der Waals surface area (Å²) in [4.78, 5) is 14.9. The lowest BCUT2D eigenvalue weighted by molar-refractivity contribution is -0.140. The number of sulfonamides is 1. The molecule has 8 heteroatoms. The van der Waals surface area contributed by atoms with Crippen molar-refractivity contribution in [1.29, 1.82) is 0 Å². The van der Waals surface area contributed by atoms with E-state index in [9.17, 15) is 13.2 Å². The van der Waals surface area contributed by atoms with E-state index in [-0.39, 0.29) is 10.9 Å². The first kappa shape index (κ1) is 15.6. The van der Waals surface area contributed by atoms with Crippen LogP contribution in [0.15, 0.2) is 17.6 Å². The standard InChI is InChI=1S/C11H19N3O4S/c1-4-8(3)10(11(15)16)13-19(17,18)9-6-14(5-2)7-12-9/h6-8,10,13H,4-5H2,1-3H3,(H,15,16). The van der Waals surface area contributed by atoms with Gasteiger partial charge in [0.15, 0.2) is 5.03 Å². The molecule has 0 saturated carbocycles. The highest BCUT2D eigenvalue weighted by molar-refractivity contribution is 7.89. The summed E-state index contributed by atoms with van der Waals surface area (Å²) in [5.41, 5.74) is 0. The normalized spacial score (nSPS) is 15.1. The molecule has 19 heavy (non-hydrogen) atoms. The fourth-order valence-corrected chi connectivity index (χ4v) is 2.77. The van der Waals surface area contributed by atoms with Crippen LogP contribution >= 0.6 is 0 Å². The van der Waals surface area contributed by atoms with Gasteiger partial charge in [0, 0.05) is 12.7 Å². The number of carboxylic acid groups (broad SMARTS) is 1. The maximum atomic E-state index is 12.0. The van der Waals surface area contributed by atoms with Gasteiger partial charge in [-0.15, -0.1) is 0 Å². The average molecular weight is 289 g/mol. The van der Waals surface area contributed by atoms with Crippen LogP contribution in [-0.4, -0.2) is 35.1 Å². The van der Waals surface area contributed by atoms with Crippen molar-refractivity contribution in [3.8, 4) is 0 Å². The van der Waals surface area contributed by atoms with Crippen LogP contribution in [0.1, 0.15) is 27.2 Å². The van der Waals surface area contributed by atoms with Crippen molar-refractivity contribution in [2.75, 3.05) is 0 Å². The SMILES string of the molecule is CCC(C)C(NS(=O)(=O)c1cn(CC)cn1)C(=O)O. The summed E-state index contributed by atoms with van der Waals surface area (Å²) >= 11 is 0. The molecule has 2 N–H and O–H groups in total. The molecule has 1 aromatic heterocycles. The summed E-state index contributed by atoms with van der Waals surface area (Å²) in [6.07, 6.45) is 3.33. The van der Waals surface area contributed by atoms with Crippen molar-refractivity contribution < 1.29 is 18.3 Å². The first-order valence-electron chi connectivity index (χ1n) is 6.08. The Morgan fingerprint density at radius 1 is 1.53 bits per heavy atom. The minimum Gasteiger partial charge on any atom is -0.480 e. The van der Waals surface area contributed by atoms with Crippen molar-refractivity contribution in [3.63, 3.8) is 0 Å². The molecule has 0 spiro atoms. The molecule has 0 aliphatic heterocycles. The Bertz CT molecular complexity index is 538. The van der Waals surface area contributed by atoms with Gasteiger partial charge in [-0.1, -0.05) is 20.3 Å². The van der Waals surface area contributed by atoms with Gasteiger partial charge >= 0.3 is 5.97 Å². The fraction of sp³-hybridized carbons (Fsp3) is 0.636. The molecule has 2 atom stereocenters. The van der Waals surface area contributed by atoms with E-state index >= 15 is 0 Å². The minimum atomic E-state index is -3.91. The molecule has 2 unspecified atom stereocenters. The molecule has 0 saturated heterocycles. The molecule has 0 aliphatic carbocycles. The maximum Gasteiger partial charge on any atom is 0.322 e.